The van der Waals surface area contributed by atoms with Crippen LogP contribution in [0.15, 0.2) is 0 Å². The predicted octanol–water partition coefficient (Wildman–Crippen LogP) is 0.310. The summed E-state index contributed by atoms with van der Waals surface area (Å²) in [5.74, 6) is -0.769. The van der Waals surface area contributed by atoms with Crippen molar-refractivity contribution >= 4 is 12.0 Å². The number of carboxylic acids is 1. The number of urea groups is 1. The number of aliphatic carboxylic acids is 1. The van der Waals surface area contributed by atoms with Gasteiger partial charge in [0.1, 0.15) is 0 Å². The Kier molecular flexibility index (Phi) is 5.21. The summed E-state index contributed by atoms with van der Waals surface area (Å²) in [6.07, 6.45) is 4.58. The van der Waals surface area contributed by atoms with Crippen molar-refractivity contribution in [2.75, 3.05) is 6.61 Å². The zero-order valence-corrected chi connectivity index (χ0v) is 9.98. The molecule has 0 aliphatic heterocycles. The Morgan fingerprint density at radius 2 is 1.88 bits per heavy atom. The van der Waals surface area contributed by atoms with Gasteiger partial charge in [0.25, 0.3) is 0 Å². The summed E-state index contributed by atoms with van der Waals surface area (Å²) >= 11 is 0. The number of aliphatic hydroxyl groups excluding tert-OH is 1. The maximum atomic E-state index is 11.5. The van der Waals surface area contributed by atoms with Gasteiger partial charge >= 0.3 is 12.0 Å². The molecule has 0 radical (unpaired) electrons. The zero-order valence-electron chi connectivity index (χ0n) is 9.98. The molecule has 0 heterocycles. The average molecular weight is 244 g/mol. The molecule has 17 heavy (non-hydrogen) atoms. The van der Waals surface area contributed by atoms with Gasteiger partial charge in [-0.25, -0.2) is 9.59 Å². The molecule has 1 saturated carbocycles. The molecule has 98 valence electrons. The number of rotatable bonds is 5. The van der Waals surface area contributed by atoms with Crippen LogP contribution in [0.2, 0.25) is 0 Å². The van der Waals surface area contributed by atoms with E-state index < -0.39 is 24.6 Å². The maximum Gasteiger partial charge on any atom is 0.328 e. The minimum atomic E-state index is -1.24. The van der Waals surface area contributed by atoms with Crippen molar-refractivity contribution in [3.8, 4) is 0 Å². The SMILES string of the molecule is CC(NC(=O)NC(CO)C(=O)O)C1CCCC1. The summed E-state index contributed by atoms with van der Waals surface area (Å²) in [5, 5.41) is 22.4. The van der Waals surface area contributed by atoms with Crippen molar-refractivity contribution in [2.45, 2.75) is 44.7 Å². The Morgan fingerprint density at radius 3 is 2.35 bits per heavy atom. The van der Waals surface area contributed by atoms with Gasteiger partial charge in [-0.15, -0.1) is 0 Å². The molecule has 0 bridgehead atoms. The minimum Gasteiger partial charge on any atom is -0.480 e. The van der Waals surface area contributed by atoms with Crippen molar-refractivity contribution in [1.29, 1.82) is 0 Å². The normalized spacial score (nSPS) is 19.6. The molecular weight excluding hydrogens is 224 g/mol. The molecule has 2 atom stereocenters. The third kappa shape index (κ3) is 4.22. The van der Waals surface area contributed by atoms with E-state index in [2.05, 4.69) is 10.6 Å². The van der Waals surface area contributed by atoms with Gasteiger partial charge in [-0.05, 0) is 25.7 Å². The third-order valence-corrected chi connectivity index (χ3v) is 3.25. The first kappa shape index (κ1) is 13.8. The lowest BCUT2D eigenvalue weighted by Gasteiger charge is -2.21. The van der Waals surface area contributed by atoms with Gasteiger partial charge in [0.2, 0.25) is 0 Å². The average Bonchev–Trinajstić information content (AvgIpc) is 2.78. The lowest BCUT2D eigenvalue weighted by Crippen LogP contribution is -2.51. The largest absolute Gasteiger partial charge is 0.480 e. The second-order valence-electron chi connectivity index (χ2n) is 4.52. The Bertz CT molecular complexity index is 277. The van der Waals surface area contributed by atoms with E-state index in [0.29, 0.717) is 5.92 Å². The molecule has 0 aromatic carbocycles. The molecule has 2 amide bonds. The van der Waals surface area contributed by atoms with E-state index in [4.69, 9.17) is 10.2 Å². The number of aliphatic hydroxyl groups is 1. The van der Waals surface area contributed by atoms with Gasteiger partial charge in [0.05, 0.1) is 6.61 Å². The second-order valence-corrected chi connectivity index (χ2v) is 4.52. The highest BCUT2D eigenvalue weighted by Gasteiger charge is 2.24. The van der Waals surface area contributed by atoms with Crippen LogP contribution in [0.3, 0.4) is 0 Å². The molecular formula is C11H20N2O4. The van der Waals surface area contributed by atoms with E-state index in [1.807, 2.05) is 6.92 Å². The fourth-order valence-electron chi connectivity index (χ4n) is 2.17. The van der Waals surface area contributed by atoms with Crippen LogP contribution in [0.25, 0.3) is 0 Å². The van der Waals surface area contributed by atoms with Gasteiger partial charge < -0.3 is 20.8 Å². The van der Waals surface area contributed by atoms with Gasteiger partial charge in [-0.1, -0.05) is 12.8 Å². The number of hydrogen-bond donors (Lipinski definition) is 4. The van der Waals surface area contributed by atoms with Crippen LogP contribution in [-0.2, 0) is 4.79 Å². The van der Waals surface area contributed by atoms with E-state index in [1.54, 1.807) is 0 Å². The van der Waals surface area contributed by atoms with E-state index in [1.165, 1.54) is 12.8 Å². The smallest absolute Gasteiger partial charge is 0.328 e. The Morgan fingerprint density at radius 1 is 1.29 bits per heavy atom. The number of amides is 2. The first-order chi connectivity index (χ1) is 8.04. The monoisotopic (exact) mass is 244 g/mol. The van der Waals surface area contributed by atoms with Crippen LogP contribution in [0.1, 0.15) is 32.6 Å². The van der Waals surface area contributed by atoms with Crippen molar-refractivity contribution < 1.29 is 19.8 Å². The number of carboxylic acid groups (broad SMARTS) is 1. The molecule has 6 nitrogen and oxygen atoms in total. The highest BCUT2D eigenvalue weighted by Crippen LogP contribution is 2.27. The molecule has 6 heteroatoms. The van der Waals surface area contributed by atoms with Crippen LogP contribution in [-0.4, -0.2) is 40.9 Å². The summed E-state index contributed by atoms with van der Waals surface area (Å²) in [6.45, 7) is 1.31. The number of hydrogen-bond acceptors (Lipinski definition) is 3. The lowest BCUT2D eigenvalue weighted by atomic mass is 10.0. The number of carbonyl (C=O) groups excluding carboxylic acids is 1. The summed E-state index contributed by atoms with van der Waals surface area (Å²) in [6, 6.07) is -1.75. The Labute approximate surface area is 100 Å². The fourth-order valence-corrected chi connectivity index (χ4v) is 2.17. The lowest BCUT2D eigenvalue weighted by molar-refractivity contribution is -0.140. The van der Waals surface area contributed by atoms with Crippen molar-refractivity contribution in [3.05, 3.63) is 0 Å². The van der Waals surface area contributed by atoms with Crippen molar-refractivity contribution in [2.24, 2.45) is 5.92 Å². The third-order valence-electron chi connectivity index (χ3n) is 3.25. The summed E-state index contributed by atoms with van der Waals surface area (Å²) in [4.78, 5) is 22.1. The van der Waals surface area contributed by atoms with E-state index >= 15 is 0 Å². The zero-order chi connectivity index (χ0) is 12.8. The minimum absolute atomic E-state index is 0.0330. The first-order valence-electron chi connectivity index (χ1n) is 5.95. The van der Waals surface area contributed by atoms with Crippen LogP contribution >= 0.6 is 0 Å². The van der Waals surface area contributed by atoms with Crippen molar-refractivity contribution in [1.82, 2.24) is 10.6 Å². The van der Waals surface area contributed by atoms with E-state index in [9.17, 15) is 9.59 Å². The highest BCUT2D eigenvalue weighted by molar-refractivity contribution is 5.82. The summed E-state index contributed by atoms with van der Waals surface area (Å²) < 4.78 is 0. The van der Waals surface area contributed by atoms with Crippen LogP contribution in [0.5, 0.6) is 0 Å². The van der Waals surface area contributed by atoms with Gasteiger partial charge in [-0.2, -0.15) is 0 Å². The van der Waals surface area contributed by atoms with Crippen LogP contribution < -0.4 is 10.6 Å². The predicted molar refractivity (Wildman–Crippen MR) is 61.6 cm³/mol. The van der Waals surface area contributed by atoms with Crippen LogP contribution in [0.4, 0.5) is 4.79 Å². The van der Waals surface area contributed by atoms with Crippen molar-refractivity contribution in [3.63, 3.8) is 0 Å². The Hall–Kier alpha value is -1.30. The molecule has 0 aromatic heterocycles. The molecule has 1 aliphatic carbocycles. The van der Waals surface area contributed by atoms with Gasteiger partial charge in [0.15, 0.2) is 6.04 Å². The number of nitrogens with one attached hydrogen (secondary N) is 2. The quantitative estimate of drug-likeness (QED) is 0.559. The first-order valence-corrected chi connectivity index (χ1v) is 5.95. The molecule has 2 unspecified atom stereocenters. The second kappa shape index (κ2) is 6.44. The molecule has 1 rings (SSSR count). The highest BCUT2D eigenvalue weighted by atomic mass is 16.4. The molecule has 4 N–H and O–H groups in total. The molecule has 0 saturated heterocycles. The van der Waals surface area contributed by atoms with Gasteiger partial charge in [0, 0.05) is 6.04 Å². The van der Waals surface area contributed by atoms with E-state index in [0.717, 1.165) is 12.8 Å². The summed E-state index contributed by atoms with van der Waals surface area (Å²) in [5.41, 5.74) is 0. The summed E-state index contributed by atoms with van der Waals surface area (Å²) in [7, 11) is 0. The fraction of sp³-hybridized carbons (Fsp3) is 0.818. The molecule has 0 aromatic rings. The molecule has 1 aliphatic rings. The van der Waals surface area contributed by atoms with E-state index in [-0.39, 0.29) is 6.04 Å². The topological polar surface area (TPSA) is 98.7 Å². The molecule has 0 spiro atoms. The van der Waals surface area contributed by atoms with Crippen LogP contribution in [0, 0.1) is 5.92 Å². The Balaban J connectivity index is 2.35. The molecule has 1 fully saturated rings. The van der Waals surface area contributed by atoms with Gasteiger partial charge in [-0.3, -0.25) is 0 Å². The maximum absolute atomic E-state index is 11.5. The standard InChI is InChI=1S/C11H20N2O4/c1-7(8-4-2-3-5-8)12-11(17)13-9(6-14)10(15)16/h7-9,14H,2-6H2,1H3,(H,15,16)(H2,12,13,17). The number of carbonyl (C=O) groups is 2.